The van der Waals surface area contributed by atoms with Crippen LogP contribution < -0.4 is 0 Å². The van der Waals surface area contributed by atoms with Crippen LogP contribution in [-0.4, -0.2) is 50.1 Å². The van der Waals surface area contributed by atoms with Crippen LogP contribution in [0.5, 0.6) is 0 Å². The number of nitrogens with zero attached hydrogens (tertiary/aromatic N) is 2. The highest BCUT2D eigenvalue weighted by atomic mass is 16.6. The smallest absolute Gasteiger partial charge is 0.117 e. The molecule has 0 saturated carbocycles. The summed E-state index contributed by atoms with van der Waals surface area (Å²) < 4.78 is 6.49. The Bertz CT molecular complexity index is 932. The molecule has 1 heterocycles. The molecule has 0 spiro atoms. The fraction of sp³-hybridized carbons (Fsp3) is 0.833. The maximum absolute atomic E-state index is 6.49. The lowest BCUT2D eigenvalue weighted by Gasteiger charge is -2.30. The number of hydrogen-bond acceptors (Lipinski definition) is 4. The van der Waals surface area contributed by atoms with Crippen molar-refractivity contribution in [1.82, 2.24) is 4.90 Å². The van der Waals surface area contributed by atoms with Crippen LogP contribution in [0.4, 0.5) is 0 Å². The van der Waals surface area contributed by atoms with E-state index in [9.17, 15) is 0 Å². The van der Waals surface area contributed by atoms with E-state index in [1.807, 2.05) is 0 Å². The molecule has 58 heavy (non-hydrogen) atoms. The van der Waals surface area contributed by atoms with Crippen molar-refractivity contribution in [1.29, 1.82) is 0 Å². The normalized spacial score (nSPS) is 16.3. The molecule has 1 aliphatic heterocycles. The van der Waals surface area contributed by atoms with Crippen LogP contribution in [0.3, 0.4) is 0 Å². The van der Waals surface area contributed by atoms with Crippen LogP contribution >= 0.6 is 0 Å². The first-order chi connectivity index (χ1) is 28.7. The summed E-state index contributed by atoms with van der Waals surface area (Å²) in [5, 5.41) is 4.75. The summed E-state index contributed by atoms with van der Waals surface area (Å²) >= 11 is 0. The number of ether oxygens (including phenoxy) is 1. The van der Waals surface area contributed by atoms with E-state index in [-0.39, 0.29) is 0 Å². The fourth-order valence-corrected chi connectivity index (χ4v) is 8.09. The molecule has 1 fully saturated rings. The maximum atomic E-state index is 6.49. The highest BCUT2D eigenvalue weighted by molar-refractivity contribution is 5.83. The van der Waals surface area contributed by atoms with Gasteiger partial charge in [0.1, 0.15) is 6.61 Å². The van der Waals surface area contributed by atoms with Gasteiger partial charge < -0.3 is 14.5 Å². The molecule has 1 saturated heterocycles. The van der Waals surface area contributed by atoms with Crippen LogP contribution in [0.2, 0.25) is 0 Å². The lowest BCUT2D eigenvalue weighted by molar-refractivity contribution is -0.0579. The molecular weight excluding hydrogens is 709 g/mol. The van der Waals surface area contributed by atoms with E-state index in [2.05, 4.69) is 81.5 Å². The summed E-state index contributed by atoms with van der Waals surface area (Å²) in [6.45, 7) is 6.51. The molecule has 338 valence electrons. The van der Waals surface area contributed by atoms with E-state index in [0.29, 0.717) is 12.2 Å². The van der Waals surface area contributed by atoms with Gasteiger partial charge in [0.25, 0.3) is 0 Å². The highest BCUT2D eigenvalue weighted by Crippen LogP contribution is 2.26. The highest BCUT2D eigenvalue weighted by Gasteiger charge is 2.21. The van der Waals surface area contributed by atoms with E-state index < -0.39 is 0 Å². The maximum Gasteiger partial charge on any atom is 0.117 e. The van der Waals surface area contributed by atoms with Gasteiger partial charge in [-0.05, 0) is 168 Å². The molecule has 4 nitrogen and oxygen atoms in total. The molecule has 0 aromatic heterocycles. The molecule has 2 unspecified atom stereocenters. The van der Waals surface area contributed by atoms with Crippen molar-refractivity contribution in [3.8, 4) is 0 Å². The average molecular weight is 809 g/mol. The monoisotopic (exact) mass is 809 g/mol. The molecule has 0 radical (unpaired) electrons. The van der Waals surface area contributed by atoms with E-state index in [1.165, 1.54) is 218 Å². The zero-order valence-corrected chi connectivity index (χ0v) is 39.6. The molecule has 0 bridgehead atoms. The Morgan fingerprint density at radius 3 is 1.40 bits per heavy atom. The topological polar surface area (TPSA) is 34.1 Å². The molecule has 0 amide bonds. The van der Waals surface area contributed by atoms with Crippen molar-refractivity contribution in [2.24, 2.45) is 5.16 Å². The van der Waals surface area contributed by atoms with Gasteiger partial charge in [-0.15, -0.1) is 0 Å². The first-order valence-corrected chi connectivity index (χ1v) is 25.7. The molecular formula is C54H100N2O2. The standard InChI is InChI=1S/C54H100N2O2/c1-5-7-9-11-13-15-17-19-21-23-25-27-29-31-33-37-44-52(45-38-34-32-30-28-26-24-22-20-18-16-14-12-10-8-6-2)55-57-51-42-36-35-39-46-53-48-43-49-54(58-53)47-40-41-50-56(3)4/h13-16,19-22,53-54H,5-12,17-18,23-51H2,1-4H3/b15-13-,16-14-,21-19-,22-20-. The van der Waals surface area contributed by atoms with Crippen LogP contribution in [0.15, 0.2) is 53.8 Å². The number of unbranched alkanes of at least 4 members (excludes halogenated alkanes) is 22. The summed E-state index contributed by atoms with van der Waals surface area (Å²) in [5.74, 6) is 0. The third-order valence-corrected chi connectivity index (χ3v) is 11.9. The third kappa shape index (κ3) is 39.8. The van der Waals surface area contributed by atoms with Crippen molar-refractivity contribution in [2.75, 3.05) is 27.2 Å². The summed E-state index contributed by atoms with van der Waals surface area (Å²) in [4.78, 5) is 8.26. The summed E-state index contributed by atoms with van der Waals surface area (Å²) in [7, 11) is 4.34. The van der Waals surface area contributed by atoms with Gasteiger partial charge in [-0.3, -0.25) is 0 Å². The molecule has 2 atom stereocenters. The lowest BCUT2D eigenvalue weighted by atomic mass is 9.97. The van der Waals surface area contributed by atoms with Crippen molar-refractivity contribution in [2.45, 2.75) is 264 Å². The van der Waals surface area contributed by atoms with Crippen molar-refractivity contribution < 1.29 is 9.57 Å². The number of oxime groups is 1. The molecule has 1 rings (SSSR count). The molecule has 0 N–H and O–H groups in total. The van der Waals surface area contributed by atoms with Gasteiger partial charge in [0.05, 0.1) is 17.9 Å². The van der Waals surface area contributed by atoms with Gasteiger partial charge >= 0.3 is 0 Å². The van der Waals surface area contributed by atoms with Crippen LogP contribution in [-0.2, 0) is 9.57 Å². The Hall–Kier alpha value is -1.65. The molecule has 0 aromatic rings. The number of allylic oxidation sites excluding steroid dienone is 8. The number of hydrogen-bond donors (Lipinski definition) is 0. The van der Waals surface area contributed by atoms with Crippen LogP contribution in [0.1, 0.15) is 251 Å². The Morgan fingerprint density at radius 1 is 0.500 bits per heavy atom. The summed E-state index contributed by atoms with van der Waals surface area (Å²) in [6.07, 6.45) is 67.2. The van der Waals surface area contributed by atoms with Crippen LogP contribution in [0.25, 0.3) is 0 Å². The predicted molar refractivity (Wildman–Crippen MR) is 259 cm³/mol. The molecule has 0 aliphatic carbocycles. The molecule has 0 aromatic carbocycles. The lowest BCUT2D eigenvalue weighted by Crippen LogP contribution is -2.27. The Kier molecular flexibility index (Phi) is 42.1. The number of rotatable bonds is 43. The van der Waals surface area contributed by atoms with Crippen molar-refractivity contribution >= 4 is 5.71 Å². The third-order valence-electron chi connectivity index (χ3n) is 11.9. The van der Waals surface area contributed by atoms with Gasteiger partial charge in [-0.1, -0.05) is 158 Å². The van der Waals surface area contributed by atoms with Gasteiger partial charge in [0.15, 0.2) is 0 Å². The first kappa shape index (κ1) is 54.4. The van der Waals surface area contributed by atoms with Crippen LogP contribution in [0, 0.1) is 0 Å². The average Bonchev–Trinajstić information content (AvgIpc) is 3.22. The zero-order chi connectivity index (χ0) is 41.7. The summed E-state index contributed by atoms with van der Waals surface area (Å²) in [6, 6.07) is 0. The summed E-state index contributed by atoms with van der Waals surface area (Å²) in [5.41, 5.74) is 1.32. The van der Waals surface area contributed by atoms with E-state index in [0.717, 1.165) is 38.7 Å². The van der Waals surface area contributed by atoms with Gasteiger partial charge in [-0.2, -0.15) is 0 Å². The Balaban J connectivity index is 2.25. The predicted octanol–water partition coefficient (Wildman–Crippen LogP) is 17.4. The quantitative estimate of drug-likeness (QED) is 0.0266. The van der Waals surface area contributed by atoms with Crippen molar-refractivity contribution in [3.05, 3.63) is 48.6 Å². The van der Waals surface area contributed by atoms with Gasteiger partial charge in [0, 0.05) is 0 Å². The van der Waals surface area contributed by atoms with E-state index in [1.54, 1.807) is 0 Å². The fourth-order valence-electron chi connectivity index (χ4n) is 8.09. The molecule has 1 aliphatic rings. The SMILES string of the molecule is CCCCC/C=C\C/C=C\CCCCCCCCC(CCCCCCCC/C=C\C/C=C\CCCCC)=NOCCCCCCC1CCCC(CCCCN(C)C)O1. The first-order valence-electron chi connectivity index (χ1n) is 25.7. The second kappa shape index (κ2) is 44.9. The van der Waals surface area contributed by atoms with Gasteiger partial charge in [0.2, 0.25) is 0 Å². The largest absolute Gasteiger partial charge is 0.396 e. The van der Waals surface area contributed by atoms with Crippen molar-refractivity contribution in [3.63, 3.8) is 0 Å². The molecule has 4 heteroatoms. The minimum Gasteiger partial charge on any atom is -0.396 e. The Morgan fingerprint density at radius 2 is 0.914 bits per heavy atom. The minimum atomic E-state index is 0.495. The Labute approximate surface area is 363 Å². The second-order valence-electron chi connectivity index (χ2n) is 18.0. The van der Waals surface area contributed by atoms with E-state index in [4.69, 9.17) is 14.7 Å². The van der Waals surface area contributed by atoms with E-state index >= 15 is 0 Å². The minimum absolute atomic E-state index is 0.495. The van der Waals surface area contributed by atoms with Gasteiger partial charge in [-0.25, -0.2) is 0 Å². The second-order valence-corrected chi connectivity index (χ2v) is 18.0. The zero-order valence-electron chi connectivity index (χ0n) is 39.6.